The van der Waals surface area contributed by atoms with Crippen LogP contribution in [0.15, 0.2) is 90.3 Å². The number of thioether (sulfide) groups is 2. The Balaban J connectivity index is 0.000000197. The van der Waals surface area contributed by atoms with E-state index in [0.29, 0.717) is 27.2 Å². The molecule has 0 bridgehead atoms. The van der Waals surface area contributed by atoms with Crippen LogP contribution in [0, 0.1) is 22.0 Å². The first-order valence-electron chi connectivity index (χ1n) is 16.9. The van der Waals surface area contributed by atoms with Gasteiger partial charge in [0.2, 0.25) is 0 Å². The van der Waals surface area contributed by atoms with Gasteiger partial charge in [-0.2, -0.15) is 0 Å². The van der Waals surface area contributed by atoms with E-state index in [1.165, 1.54) is 25.3 Å². The van der Waals surface area contributed by atoms with Gasteiger partial charge >= 0.3 is 0 Å². The summed E-state index contributed by atoms with van der Waals surface area (Å²) in [4.78, 5) is 22.0. The van der Waals surface area contributed by atoms with Gasteiger partial charge in [0.1, 0.15) is 21.7 Å². The van der Waals surface area contributed by atoms with Crippen LogP contribution in [0.2, 0.25) is 0 Å². The maximum Gasteiger partial charge on any atom is 0.163 e. The molecule has 0 atom stereocenters. The first-order valence-corrected chi connectivity index (χ1v) is 18.5. The molecule has 52 heavy (non-hydrogen) atoms. The van der Waals surface area contributed by atoms with E-state index < -0.39 is 0 Å². The molecular weight excluding hydrogens is 694 g/mol. The third kappa shape index (κ3) is 8.87. The summed E-state index contributed by atoms with van der Waals surface area (Å²) in [5, 5.41) is 26.1. The van der Waals surface area contributed by atoms with Crippen molar-refractivity contribution in [3.63, 3.8) is 0 Å². The summed E-state index contributed by atoms with van der Waals surface area (Å²) in [7, 11) is 1.62. The van der Waals surface area contributed by atoms with Gasteiger partial charge in [-0.1, -0.05) is 44.2 Å². The van der Waals surface area contributed by atoms with Gasteiger partial charge in [0.15, 0.2) is 16.2 Å². The van der Waals surface area contributed by atoms with Crippen molar-refractivity contribution in [3.05, 3.63) is 102 Å². The standard InChI is InChI=1S/C20H23N7S.C16H13FN4S.C2H6/c1-23-20(22)28-18(21)13-5-6-16-14(11-13)15(12-25-16)19-24-8-7-17(26-19)27-9-3-2-4-10-27;17-13-4-2-1-3-10(13)12-8-21-14-6-5-9(7-11(12)14)15(18)22-16(19)20;1-2/h5-8,11-12,21,25H,2-4,9-10H2,1H3,(H2,22,23);1-8,18,21H,(H3,19,20);1-2H3. The second-order valence-electron chi connectivity index (χ2n) is 11.5. The predicted octanol–water partition coefficient (Wildman–Crippen LogP) is 8.57. The number of piperidine rings is 1. The molecule has 9 N–H and O–H groups in total. The lowest BCUT2D eigenvalue weighted by Crippen LogP contribution is -2.30. The first-order chi connectivity index (χ1) is 25.2. The van der Waals surface area contributed by atoms with E-state index >= 15 is 0 Å². The number of aromatic nitrogens is 4. The highest BCUT2D eigenvalue weighted by Crippen LogP contribution is 2.32. The minimum absolute atomic E-state index is 0.131. The van der Waals surface area contributed by atoms with Gasteiger partial charge < -0.3 is 26.3 Å². The quantitative estimate of drug-likeness (QED) is 0.0680. The number of rotatable bonds is 5. The Morgan fingerprint density at radius 1 is 0.788 bits per heavy atom. The fourth-order valence-corrected chi connectivity index (χ4v) is 6.78. The number of fused-ring (bicyclic) bond motifs is 2. The normalized spacial score (nSPS) is 12.8. The number of H-pyrrole nitrogens is 2. The Morgan fingerprint density at radius 2 is 1.38 bits per heavy atom. The smallest absolute Gasteiger partial charge is 0.163 e. The minimum atomic E-state index is -0.290. The van der Waals surface area contributed by atoms with Crippen LogP contribution in [0.1, 0.15) is 44.2 Å². The monoisotopic (exact) mass is 735 g/mol. The van der Waals surface area contributed by atoms with Gasteiger partial charge in [0, 0.05) is 88.4 Å². The topological polar surface area (TPSA) is 197 Å². The van der Waals surface area contributed by atoms with Crippen molar-refractivity contribution in [1.82, 2.24) is 19.9 Å². The van der Waals surface area contributed by atoms with Crippen molar-refractivity contribution in [1.29, 1.82) is 16.2 Å². The summed E-state index contributed by atoms with van der Waals surface area (Å²) in [6.45, 7) is 6.09. The second-order valence-corrected chi connectivity index (χ2v) is 13.6. The number of benzene rings is 3. The molecule has 3 aromatic carbocycles. The Kier molecular flexibility index (Phi) is 12.8. The average molecular weight is 736 g/mol. The highest BCUT2D eigenvalue weighted by Gasteiger charge is 2.17. The van der Waals surface area contributed by atoms with Gasteiger partial charge in [-0.05, 0) is 79.2 Å². The Hall–Kier alpha value is -5.47. The SMILES string of the molecule is CC.CN=C(N)SC(=N)c1ccc2[nH]cc(-c3nccc(N4CCCCC4)n3)c2c1.N=C(N)SC(=N)c1ccc2[nH]cc(-c3ccccc3F)c2c1. The maximum atomic E-state index is 14.0. The first kappa shape index (κ1) is 37.8. The summed E-state index contributed by atoms with van der Waals surface area (Å²) in [6, 6.07) is 19.9. The fraction of sp³-hybridized carbons (Fsp3) is 0.211. The van der Waals surface area contributed by atoms with Crippen LogP contribution >= 0.6 is 23.5 Å². The molecule has 1 aliphatic rings. The third-order valence-electron chi connectivity index (χ3n) is 8.25. The Labute approximate surface area is 310 Å². The molecule has 3 aromatic heterocycles. The zero-order valence-electron chi connectivity index (χ0n) is 29.3. The fourth-order valence-electron chi connectivity index (χ4n) is 5.77. The average Bonchev–Trinajstić information content (AvgIpc) is 3.80. The van der Waals surface area contributed by atoms with Crippen LogP contribution < -0.4 is 16.4 Å². The number of amidine groups is 2. The molecule has 1 aliphatic heterocycles. The number of nitrogens with one attached hydrogen (secondary N) is 5. The largest absolute Gasteiger partial charge is 0.378 e. The summed E-state index contributed by atoms with van der Waals surface area (Å²) in [5.74, 6) is 1.38. The molecular formula is C38H42FN11S2. The highest BCUT2D eigenvalue weighted by atomic mass is 32.2. The van der Waals surface area contributed by atoms with E-state index in [9.17, 15) is 4.39 Å². The molecule has 6 aromatic rings. The maximum absolute atomic E-state index is 14.0. The van der Waals surface area contributed by atoms with E-state index in [2.05, 4.69) is 24.8 Å². The van der Waals surface area contributed by atoms with Crippen molar-refractivity contribution >= 4 is 71.6 Å². The van der Waals surface area contributed by atoms with E-state index in [1.54, 1.807) is 37.5 Å². The van der Waals surface area contributed by atoms with Crippen LogP contribution in [0.3, 0.4) is 0 Å². The van der Waals surface area contributed by atoms with Gasteiger partial charge in [-0.15, -0.1) is 0 Å². The lowest BCUT2D eigenvalue weighted by Gasteiger charge is -2.27. The zero-order valence-corrected chi connectivity index (χ0v) is 30.9. The Morgan fingerprint density at radius 3 is 2.00 bits per heavy atom. The molecule has 0 radical (unpaired) electrons. The van der Waals surface area contributed by atoms with E-state index in [4.69, 9.17) is 32.7 Å². The van der Waals surface area contributed by atoms with Crippen LogP contribution in [0.5, 0.6) is 0 Å². The van der Waals surface area contributed by atoms with Crippen LogP contribution in [-0.2, 0) is 0 Å². The highest BCUT2D eigenvalue weighted by molar-refractivity contribution is 8.27. The molecule has 268 valence electrons. The lowest BCUT2D eigenvalue weighted by atomic mass is 10.0. The number of aliphatic imine (C=N–C) groups is 1. The zero-order chi connectivity index (χ0) is 37.2. The number of nitrogens with two attached hydrogens (primary N) is 2. The molecule has 0 unspecified atom stereocenters. The molecule has 1 fully saturated rings. The van der Waals surface area contributed by atoms with Gasteiger partial charge in [0.25, 0.3) is 0 Å². The van der Waals surface area contributed by atoms with Crippen LogP contribution in [0.25, 0.3) is 44.3 Å². The number of hydrogen-bond donors (Lipinski definition) is 7. The molecule has 4 heterocycles. The van der Waals surface area contributed by atoms with Crippen molar-refractivity contribution in [2.24, 2.45) is 16.5 Å². The van der Waals surface area contributed by atoms with Crippen molar-refractivity contribution in [3.8, 4) is 22.5 Å². The van der Waals surface area contributed by atoms with Crippen LogP contribution in [-0.4, -0.2) is 60.5 Å². The number of halogens is 1. The number of nitrogens with zero attached hydrogens (tertiary/aromatic N) is 4. The van der Waals surface area contributed by atoms with Crippen LogP contribution in [0.4, 0.5) is 10.2 Å². The Bertz CT molecular complexity index is 2240. The minimum Gasteiger partial charge on any atom is -0.378 e. The summed E-state index contributed by atoms with van der Waals surface area (Å²) in [5.41, 5.74) is 16.5. The lowest BCUT2D eigenvalue weighted by molar-refractivity contribution is 0.573. The second kappa shape index (κ2) is 17.6. The summed E-state index contributed by atoms with van der Waals surface area (Å²) in [6.07, 6.45) is 9.22. The van der Waals surface area contributed by atoms with Gasteiger partial charge in [-0.25, -0.2) is 14.4 Å². The molecule has 14 heteroatoms. The predicted molar refractivity (Wildman–Crippen MR) is 219 cm³/mol. The van der Waals surface area contributed by atoms with Gasteiger partial charge in [-0.3, -0.25) is 21.2 Å². The molecule has 0 amide bonds. The number of hydrogen-bond acceptors (Lipinski definition) is 9. The molecule has 11 nitrogen and oxygen atoms in total. The molecule has 0 saturated carbocycles. The molecule has 1 saturated heterocycles. The molecule has 0 aliphatic carbocycles. The van der Waals surface area contributed by atoms with E-state index in [1.807, 2.05) is 62.6 Å². The van der Waals surface area contributed by atoms with Crippen molar-refractivity contribution < 1.29 is 4.39 Å². The number of aromatic amines is 2. The summed E-state index contributed by atoms with van der Waals surface area (Å²) < 4.78 is 14.0. The third-order valence-corrected chi connectivity index (χ3v) is 9.74. The molecule has 0 spiro atoms. The number of anilines is 1. The van der Waals surface area contributed by atoms with Crippen molar-refractivity contribution in [2.45, 2.75) is 33.1 Å². The van der Waals surface area contributed by atoms with E-state index in [0.717, 1.165) is 80.9 Å². The van der Waals surface area contributed by atoms with E-state index in [-0.39, 0.29) is 16.0 Å². The molecule has 7 rings (SSSR count). The van der Waals surface area contributed by atoms with Gasteiger partial charge in [0.05, 0.1) is 0 Å². The summed E-state index contributed by atoms with van der Waals surface area (Å²) >= 11 is 2.03. The van der Waals surface area contributed by atoms with Crippen molar-refractivity contribution in [2.75, 3.05) is 25.0 Å².